The summed E-state index contributed by atoms with van der Waals surface area (Å²) in [5, 5.41) is 6.97. The van der Waals surface area contributed by atoms with Crippen molar-refractivity contribution in [3.8, 4) is 5.75 Å². The zero-order valence-corrected chi connectivity index (χ0v) is 12.4. The fourth-order valence-corrected chi connectivity index (χ4v) is 3.76. The van der Waals surface area contributed by atoms with Crippen molar-refractivity contribution in [2.24, 2.45) is 5.92 Å². The molecule has 21 heavy (non-hydrogen) atoms. The SMILES string of the molecule is O=C1COc2cc(NC3CN4CCC3CC4)c(Cl)cc2N1. The summed E-state index contributed by atoms with van der Waals surface area (Å²) < 4.78 is 5.46. The van der Waals surface area contributed by atoms with Crippen molar-refractivity contribution in [1.82, 2.24) is 4.90 Å². The van der Waals surface area contributed by atoms with Crippen molar-refractivity contribution in [1.29, 1.82) is 0 Å². The fourth-order valence-electron chi connectivity index (χ4n) is 3.54. The summed E-state index contributed by atoms with van der Waals surface area (Å²) in [4.78, 5) is 13.8. The molecular formula is C15H18ClN3O2. The van der Waals surface area contributed by atoms with E-state index in [2.05, 4.69) is 15.5 Å². The van der Waals surface area contributed by atoms with Crippen LogP contribution >= 0.6 is 11.6 Å². The van der Waals surface area contributed by atoms with Crippen LogP contribution < -0.4 is 15.4 Å². The smallest absolute Gasteiger partial charge is 0.262 e. The van der Waals surface area contributed by atoms with Gasteiger partial charge in [0, 0.05) is 18.7 Å². The Morgan fingerprint density at radius 2 is 2.14 bits per heavy atom. The highest BCUT2D eigenvalue weighted by atomic mass is 35.5. The quantitative estimate of drug-likeness (QED) is 0.879. The zero-order chi connectivity index (χ0) is 14.4. The molecule has 0 saturated carbocycles. The van der Waals surface area contributed by atoms with Gasteiger partial charge in [-0.2, -0.15) is 0 Å². The Bertz CT molecular complexity index is 585. The van der Waals surface area contributed by atoms with E-state index < -0.39 is 0 Å². The first-order valence-corrected chi connectivity index (χ1v) is 7.82. The van der Waals surface area contributed by atoms with Gasteiger partial charge in [-0.25, -0.2) is 0 Å². The Morgan fingerprint density at radius 3 is 2.86 bits per heavy atom. The average Bonchev–Trinajstić information content (AvgIpc) is 2.49. The number of nitrogens with zero attached hydrogens (tertiary/aromatic N) is 1. The maximum Gasteiger partial charge on any atom is 0.262 e. The number of anilines is 2. The maximum atomic E-state index is 11.3. The first kappa shape index (κ1) is 13.2. The lowest BCUT2D eigenvalue weighted by atomic mass is 9.84. The van der Waals surface area contributed by atoms with E-state index in [0.29, 0.717) is 22.5 Å². The summed E-state index contributed by atoms with van der Waals surface area (Å²) in [6.07, 6.45) is 2.51. The highest BCUT2D eigenvalue weighted by Gasteiger charge is 2.34. The Balaban J connectivity index is 1.56. The minimum atomic E-state index is -0.142. The van der Waals surface area contributed by atoms with Crippen LogP contribution in [-0.4, -0.2) is 43.1 Å². The van der Waals surface area contributed by atoms with Crippen LogP contribution in [-0.2, 0) is 4.79 Å². The second kappa shape index (κ2) is 5.07. The van der Waals surface area contributed by atoms with Gasteiger partial charge in [-0.15, -0.1) is 0 Å². The standard InChI is InChI=1S/C15H18ClN3O2/c16-10-5-12-14(21-8-15(20)18-12)6-11(10)17-13-7-19-3-1-9(13)2-4-19/h5-6,9,13,17H,1-4,7-8H2,(H,18,20). The van der Waals surface area contributed by atoms with E-state index >= 15 is 0 Å². The van der Waals surface area contributed by atoms with E-state index in [9.17, 15) is 4.79 Å². The molecule has 1 atom stereocenters. The van der Waals surface area contributed by atoms with Gasteiger partial charge in [-0.3, -0.25) is 4.79 Å². The molecule has 1 aromatic carbocycles. The van der Waals surface area contributed by atoms with Gasteiger partial charge in [0.1, 0.15) is 5.75 Å². The third-order valence-corrected chi connectivity index (χ3v) is 5.01. The van der Waals surface area contributed by atoms with Crippen LogP contribution in [0.25, 0.3) is 0 Å². The van der Waals surface area contributed by atoms with Crippen molar-refractivity contribution in [2.75, 3.05) is 36.9 Å². The molecule has 5 rings (SSSR count). The number of hydrogen-bond donors (Lipinski definition) is 2. The number of benzene rings is 1. The van der Waals surface area contributed by atoms with Gasteiger partial charge in [0.25, 0.3) is 5.91 Å². The number of ether oxygens (including phenoxy) is 1. The van der Waals surface area contributed by atoms with Gasteiger partial charge in [-0.1, -0.05) is 11.6 Å². The molecular weight excluding hydrogens is 290 g/mol. The third-order valence-electron chi connectivity index (χ3n) is 4.70. The van der Waals surface area contributed by atoms with Crippen molar-refractivity contribution >= 4 is 28.9 Å². The van der Waals surface area contributed by atoms with Crippen LogP contribution in [0.5, 0.6) is 5.75 Å². The van der Waals surface area contributed by atoms with Crippen LogP contribution in [0.4, 0.5) is 11.4 Å². The van der Waals surface area contributed by atoms with Crippen molar-refractivity contribution < 1.29 is 9.53 Å². The van der Waals surface area contributed by atoms with Crippen molar-refractivity contribution in [3.63, 3.8) is 0 Å². The topological polar surface area (TPSA) is 53.6 Å². The number of rotatable bonds is 2. The number of carbonyl (C=O) groups excluding carboxylic acids is 1. The van der Waals surface area contributed by atoms with Crippen LogP contribution in [0.3, 0.4) is 0 Å². The molecule has 4 aliphatic rings. The summed E-state index contributed by atoms with van der Waals surface area (Å²) in [5.41, 5.74) is 1.54. The average molecular weight is 308 g/mol. The largest absolute Gasteiger partial charge is 0.482 e. The summed E-state index contributed by atoms with van der Waals surface area (Å²) in [6.45, 7) is 3.58. The molecule has 1 amide bonds. The lowest BCUT2D eigenvalue weighted by molar-refractivity contribution is -0.118. The van der Waals surface area contributed by atoms with Crippen LogP contribution in [0.2, 0.25) is 5.02 Å². The molecule has 2 bridgehead atoms. The van der Waals surface area contributed by atoms with Crippen LogP contribution in [0, 0.1) is 5.92 Å². The van der Waals surface area contributed by atoms with Crippen molar-refractivity contribution in [2.45, 2.75) is 18.9 Å². The van der Waals surface area contributed by atoms with E-state index in [1.807, 2.05) is 6.07 Å². The first-order chi connectivity index (χ1) is 10.2. The minimum Gasteiger partial charge on any atom is -0.482 e. The summed E-state index contributed by atoms with van der Waals surface area (Å²) in [7, 11) is 0. The summed E-state index contributed by atoms with van der Waals surface area (Å²) >= 11 is 6.35. The number of nitrogens with one attached hydrogen (secondary N) is 2. The van der Waals surface area contributed by atoms with Gasteiger partial charge in [0.05, 0.1) is 16.4 Å². The lowest BCUT2D eigenvalue weighted by Gasteiger charge is -2.45. The molecule has 3 fully saturated rings. The van der Waals surface area contributed by atoms with Crippen molar-refractivity contribution in [3.05, 3.63) is 17.2 Å². The molecule has 0 aliphatic carbocycles. The fraction of sp³-hybridized carbons (Fsp3) is 0.533. The molecule has 3 saturated heterocycles. The molecule has 4 aliphatic heterocycles. The van der Waals surface area contributed by atoms with E-state index in [0.717, 1.165) is 18.2 Å². The Hall–Kier alpha value is -1.46. The van der Waals surface area contributed by atoms with Crippen LogP contribution in [0.15, 0.2) is 12.1 Å². The summed E-state index contributed by atoms with van der Waals surface area (Å²) in [6, 6.07) is 4.10. The molecule has 5 nitrogen and oxygen atoms in total. The second-order valence-electron chi connectivity index (χ2n) is 6.05. The second-order valence-corrected chi connectivity index (χ2v) is 6.46. The number of hydrogen-bond acceptors (Lipinski definition) is 4. The predicted octanol–water partition coefficient (Wildman–Crippen LogP) is 2.18. The Labute approximate surface area is 128 Å². The zero-order valence-electron chi connectivity index (χ0n) is 11.7. The molecule has 1 aromatic rings. The Morgan fingerprint density at radius 1 is 1.33 bits per heavy atom. The van der Waals surface area contributed by atoms with Gasteiger partial charge in [-0.05, 0) is 37.9 Å². The third kappa shape index (κ3) is 2.45. The normalized spacial score (nSPS) is 30.3. The number of amides is 1. The van der Waals surface area contributed by atoms with E-state index in [-0.39, 0.29) is 12.5 Å². The molecule has 2 N–H and O–H groups in total. The molecule has 6 heteroatoms. The van der Waals surface area contributed by atoms with E-state index in [4.69, 9.17) is 16.3 Å². The highest BCUT2D eigenvalue weighted by Crippen LogP contribution is 2.38. The van der Waals surface area contributed by atoms with Gasteiger partial charge < -0.3 is 20.3 Å². The number of piperidine rings is 3. The van der Waals surface area contributed by atoms with Crippen LogP contribution in [0.1, 0.15) is 12.8 Å². The van der Waals surface area contributed by atoms with Gasteiger partial charge in [0.15, 0.2) is 6.61 Å². The molecule has 4 heterocycles. The highest BCUT2D eigenvalue weighted by molar-refractivity contribution is 6.33. The Kier molecular flexibility index (Phi) is 3.19. The van der Waals surface area contributed by atoms with Gasteiger partial charge in [0.2, 0.25) is 0 Å². The molecule has 0 spiro atoms. The van der Waals surface area contributed by atoms with E-state index in [1.54, 1.807) is 6.07 Å². The molecule has 1 unspecified atom stereocenters. The van der Waals surface area contributed by atoms with Gasteiger partial charge >= 0.3 is 0 Å². The number of halogens is 1. The van der Waals surface area contributed by atoms with E-state index in [1.165, 1.54) is 25.9 Å². The molecule has 112 valence electrons. The predicted molar refractivity (Wildman–Crippen MR) is 82.2 cm³/mol. The maximum absolute atomic E-state index is 11.3. The monoisotopic (exact) mass is 307 g/mol. The number of fused-ring (bicyclic) bond motifs is 4. The lowest BCUT2D eigenvalue weighted by Crippen LogP contribution is -2.53. The molecule has 0 aromatic heterocycles. The summed E-state index contributed by atoms with van der Waals surface area (Å²) in [5.74, 6) is 1.27. The number of carbonyl (C=O) groups is 1. The minimum absolute atomic E-state index is 0.0634. The first-order valence-electron chi connectivity index (χ1n) is 7.44. The molecule has 0 radical (unpaired) electrons.